The number of carbonyl (C=O) groups is 1. The van der Waals surface area contributed by atoms with Gasteiger partial charge < -0.3 is 9.84 Å². The highest BCUT2D eigenvalue weighted by atomic mass is 79.9. The topological polar surface area (TPSA) is 49.8 Å². The third kappa shape index (κ3) is 3.65. The Morgan fingerprint density at radius 3 is 2.95 bits per heavy atom. The van der Waals surface area contributed by atoms with Crippen LogP contribution in [0.5, 0.6) is 5.75 Å². The van der Waals surface area contributed by atoms with Crippen molar-refractivity contribution in [2.45, 2.75) is 19.4 Å². The second kappa shape index (κ2) is 6.78. The molecule has 2 rings (SSSR count). The van der Waals surface area contributed by atoms with Crippen molar-refractivity contribution in [2.75, 3.05) is 19.7 Å². The van der Waals surface area contributed by atoms with E-state index in [0.29, 0.717) is 18.1 Å². The number of benzene rings is 1. The standard InChI is InChI=1S/C14H17BrClNO3/c1-9-11(14(18)19)4-5-17(9)6-7-20-13-3-2-10(16)8-12(13)15/h2-3,8-9,11H,4-7H2,1H3,(H,18,19). The molecule has 0 spiro atoms. The first-order chi connectivity index (χ1) is 9.49. The summed E-state index contributed by atoms with van der Waals surface area (Å²) in [5.74, 6) is -0.227. The number of likely N-dealkylation sites (tertiary alicyclic amines) is 1. The molecule has 1 N–H and O–H groups in total. The molecule has 2 unspecified atom stereocenters. The van der Waals surface area contributed by atoms with E-state index in [9.17, 15) is 4.79 Å². The summed E-state index contributed by atoms with van der Waals surface area (Å²) in [6.45, 7) is 4.02. The van der Waals surface area contributed by atoms with E-state index in [-0.39, 0.29) is 12.0 Å². The molecule has 0 radical (unpaired) electrons. The fraction of sp³-hybridized carbons (Fsp3) is 0.500. The zero-order chi connectivity index (χ0) is 14.7. The maximum atomic E-state index is 11.1. The SMILES string of the molecule is CC1C(C(=O)O)CCN1CCOc1ccc(Cl)cc1Br. The predicted octanol–water partition coefficient (Wildman–Crippen LogP) is 3.28. The van der Waals surface area contributed by atoms with Crippen LogP contribution in [0.25, 0.3) is 0 Å². The molecular weight excluding hydrogens is 346 g/mol. The molecule has 1 aromatic carbocycles. The lowest BCUT2D eigenvalue weighted by molar-refractivity contribution is -0.142. The fourth-order valence-corrected chi connectivity index (χ4v) is 3.31. The lowest BCUT2D eigenvalue weighted by atomic mass is 10.0. The number of hydrogen-bond acceptors (Lipinski definition) is 3. The Labute approximate surface area is 131 Å². The van der Waals surface area contributed by atoms with Gasteiger partial charge in [0.25, 0.3) is 0 Å². The summed E-state index contributed by atoms with van der Waals surface area (Å²) in [5, 5.41) is 9.74. The highest BCUT2D eigenvalue weighted by Gasteiger charge is 2.35. The molecule has 1 fully saturated rings. The van der Waals surface area contributed by atoms with Gasteiger partial charge in [0.1, 0.15) is 12.4 Å². The van der Waals surface area contributed by atoms with Crippen molar-refractivity contribution in [3.8, 4) is 5.75 Å². The lowest BCUT2D eigenvalue weighted by Gasteiger charge is -2.23. The van der Waals surface area contributed by atoms with Crippen molar-refractivity contribution in [3.05, 3.63) is 27.7 Å². The zero-order valence-corrected chi connectivity index (χ0v) is 13.5. The molecule has 0 amide bonds. The Balaban J connectivity index is 1.83. The molecule has 0 aromatic heterocycles. The Kier molecular flexibility index (Phi) is 5.29. The summed E-state index contributed by atoms with van der Waals surface area (Å²) in [6.07, 6.45) is 0.709. The smallest absolute Gasteiger partial charge is 0.308 e. The molecule has 4 nitrogen and oxygen atoms in total. The molecule has 1 aliphatic heterocycles. The summed E-state index contributed by atoms with van der Waals surface area (Å²) in [5.41, 5.74) is 0. The van der Waals surface area contributed by atoms with Gasteiger partial charge in [-0.3, -0.25) is 9.69 Å². The monoisotopic (exact) mass is 361 g/mol. The third-order valence-electron chi connectivity index (χ3n) is 3.73. The van der Waals surface area contributed by atoms with E-state index < -0.39 is 5.97 Å². The van der Waals surface area contributed by atoms with Crippen molar-refractivity contribution in [2.24, 2.45) is 5.92 Å². The van der Waals surface area contributed by atoms with E-state index in [1.54, 1.807) is 12.1 Å². The molecule has 0 bridgehead atoms. The molecule has 1 aliphatic rings. The largest absolute Gasteiger partial charge is 0.491 e. The van der Waals surface area contributed by atoms with Gasteiger partial charge in [0, 0.05) is 17.6 Å². The molecule has 1 heterocycles. The maximum Gasteiger partial charge on any atom is 0.308 e. The average molecular weight is 363 g/mol. The Morgan fingerprint density at radius 2 is 2.35 bits per heavy atom. The quantitative estimate of drug-likeness (QED) is 0.873. The number of hydrogen-bond donors (Lipinski definition) is 1. The van der Waals surface area contributed by atoms with Crippen LogP contribution in [0.1, 0.15) is 13.3 Å². The average Bonchev–Trinajstić information content (AvgIpc) is 2.74. The molecule has 0 aliphatic carbocycles. The zero-order valence-electron chi connectivity index (χ0n) is 11.2. The molecule has 1 aromatic rings. The summed E-state index contributed by atoms with van der Waals surface area (Å²) in [6, 6.07) is 5.45. The summed E-state index contributed by atoms with van der Waals surface area (Å²) in [4.78, 5) is 13.2. The van der Waals surface area contributed by atoms with Crippen LogP contribution in [-0.2, 0) is 4.79 Å². The van der Waals surface area contributed by atoms with Gasteiger partial charge in [-0.05, 0) is 54.0 Å². The van der Waals surface area contributed by atoms with E-state index in [0.717, 1.165) is 23.3 Å². The van der Waals surface area contributed by atoms with Crippen molar-refractivity contribution in [1.82, 2.24) is 4.90 Å². The van der Waals surface area contributed by atoms with Crippen molar-refractivity contribution in [3.63, 3.8) is 0 Å². The van der Waals surface area contributed by atoms with Crippen LogP contribution in [0.3, 0.4) is 0 Å². The molecule has 0 saturated carbocycles. The number of nitrogens with zero attached hydrogens (tertiary/aromatic N) is 1. The van der Waals surface area contributed by atoms with Crippen LogP contribution in [0.15, 0.2) is 22.7 Å². The number of ether oxygens (including phenoxy) is 1. The van der Waals surface area contributed by atoms with Gasteiger partial charge in [0.15, 0.2) is 0 Å². The first-order valence-corrected chi connectivity index (χ1v) is 7.71. The van der Waals surface area contributed by atoms with E-state index in [1.807, 2.05) is 13.0 Å². The Hall–Kier alpha value is -0.780. The summed E-state index contributed by atoms with van der Waals surface area (Å²) < 4.78 is 6.53. The highest BCUT2D eigenvalue weighted by Crippen LogP contribution is 2.28. The van der Waals surface area contributed by atoms with Gasteiger partial charge in [-0.15, -0.1) is 0 Å². The molecular formula is C14H17BrClNO3. The normalized spacial score (nSPS) is 22.9. The maximum absolute atomic E-state index is 11.1. The van der Waals surface area contributed by atoms with Gasteiger partial charge in [-0.1, -0.05) is 11.6 Å². The van der Waals surface area contributed by atoms with Crippen LogP contribution < -0.4 is 4.74 Å². The Bertz CT molecular complexity index is 497. The summed E-state index contributed by atoms with van der Waals surface area (Å²) in [7, 11) is 0. The molecule has 6 heteroatoms. The van der Waals surface area contributed by atoms with E-state index in [4.69, 9.17) is 21.4 Å². The predicted molar refractivity (Wildman–Crippen MR) is 81.4 cm³/mol. The van der Waals surface area contributed by atoms with Gasteiger partial charge >= 0.3 is 5.97 Å². The van der Waals surface area contributed by atoms with Crippen molar-refractivity contribution in [1.29, 1.82) is 0 Å². The number of carboxylic acids is 1. The minimum atomic E-state index is -0.707. The van der Waals surface area contributed by atoms with E-state index in [2.05, 4.69) is 20.8 Å². The minimum absolute atomic E-state index is 0.0600. The molecule has 20 heavy (non-hydrogen) atoms. The second-order valence-corrected chi connectivity index (χ2v) is 6.22. The van der Waals surface area contributed by atoms with Gasteiger partial charge in [-0.2, -0.15) is 0 Å². The van der Waals surface area contributed by atoms with Gasteiger partial charge in [-0.25, -0.2) is 0 Å². The number of carboxylic acid groups (broad SMARTS) is 1. The fourth-order valence-electron chi connectivity index (χ4n) is 2.51. The lowest BCUT2D eigenvalue weighted by Crippen LogP contribution is -2.35. The van der Waals surface area contributed by atoms with E-state index >= 15 is 0 Å². The second-order valence-electron chi connectivity index (χ2n) is 4.93. The number of aliphatic carboxylic acids is 1. The van der Waals surface area contributed by atoms with Gasteiger partial charge in [0.2, 0.25) is 0 Å². The van der Waals surface area contributed by atoms with Crippen LogP contribution >= 0.6 is 27.5 Å². The van der Waals surface area contributed by atoms with Crippen molar-refractivity contribution >= 4 is 33.5 Å². The highest BCUT2D eigenvalue weighted by molar-refractivity contribution is 9.10. The number of halogens is 2. The van der Waals surface area contributed by atoms with Gasteiger partial charge in [0.05, 0.1) is 10.4 Å². The Morgan fingerprint density at radius 1 is 1.60 bits per heavy atom. The summed E-state index contributed by atoms with van der Waals surface area (Å²) >= 11 is 9.27. The third-order valence-corrected chi connectivity index (χ3v) is 4.59. The van der Waals surface area contributed by atoms with E-state index in [1.165, 1.54) is 0 Å². The van der Waals surface area contributed by atoms with Crippen LogP contribution in [0.4, 0.5) is 0 Å². The molecule has 2 atom stereocenters. The minimum Gasteiger partial charge on any atom is -0.491 e. The number of rotatable bonds is 5. The van der Waals surface area contributed by atoms with Crippen LogP contribution in [0.2, 0.25) is 5.02 Å². The van der Waals surface area contributed by atoms with Crippen molar-refractivity contribution < 1.29 is 14.6 Å². The first-order valence-electron chi connectivity index (χ1n) is 6.53. The first kappa shape index (κ1) is 15.6. The molecule has 1 saturated heterocycles. The van der Waals surface area contributed by atoms with Crippen LogP contribution in [-0.4, -0.2) is 41.7 Å². The molecule has 110 valence electrons. The van der Waals surface area contributed by atoms with Crippen LogP contribution in [0, 0.1) is 5.92 Å².